The summed E-state index contributed by atoms with van der Waals surface area (Å²) in [5.74, 6) is 0.689. The van der Waals surface area contributed by atoms with Crippen molar-refractivity contribution < 1.29 is 23.4 Å². The molecule has 1 aliphatic rings. The number of halogens is 1. The van der Waals surface area contributed by atoms with Crippen molar-refractivity contribution in [1.29, 1.82) is 0 Å². The maximum absolute atomic E-state index is 13.0. The molecule has 0 atom stereocenters. The number of fused-ring (bicyclic) bond motifs is 1. The Balaban J connectivity index is 1.55. The highest BCUT2D eigenvalue weighted by atomic mass is 19.1. The second-order valence-electron chi connectivity index (χ2n) is 4.61. The van der Waals surface area contributed by atoms with E-state index in [2.05, 4.69) is 0 Å². The van der Waals surface area contributed by atoms with Gasteiger partial charge in [0.25, 0.3) is 0 Å². The average Bonchev–Trinajstić information content (AvgIpc) is 2.94. The van der Waals surface area contributed by atoms with Gasteiger partial charge in [0.05, 0.1) is 6.61 Å². The van der Waals surface area contributed by atoms with Crippen LogP contribution in [0, 0.1) is 5.82 Å². The van der Waals surface area contributed by atoms with Crippen molar-refractivity contribution >= 4 is 5.78 Å². The molecule has 0 fully saturated rings. The monoisotopic (exact) mass is 288 g/mol. The number of benzene rings is 2. The predicted octanol–water partition coefficient (Wildman–Crippen LogP) is 2.95. The van der Waals surface area contributed by atoms with Gasteiger partial charge in [0.15, 0.2) is 17.3 Å². The Labute approximate surface area is 121 Å². The molecule has 4 nitrogen and oxygen atoms in total. The molecule has 3 rings (SSSR count). The fourth-order valence-corrected chi connectivity index (χ4v) is 2.04. The average molecular weight is 288 g/mol. The lowest BCUT2D eigenvalue weighted by Crippen LogP contribution is -2.09. The molecular formula is C16H13FO4. The van der Waals surface area contributed by atoms with E-state index in [1.165, 1.54) is 18.2 Å². The van der Waals surface area contributed by atoms with E-state index in [1.54, 1.807) is 12.1 Å². The van der Waals surface area contributed by atoms with E-state index >= 15 is 0 Å². The first-order valence-corrected chi connectivity index (χ1v) is 6.47. The summed E-state index contributed by atoms with van der Waals surface area (Å²) in [7, 11) is 0. The first-order valence-electron chi connectivity index (χ1n) is 6.47. The van der Waals surface area contributed by atoms with Gasteiger partial charge in [-0.05, 0) is 29.8 Å². The zero-order valence-electron chi connectivity index (χ0n) is 11.2. The summed E-state index contributed by atoms with van der Waals surface area (Å²) < 4.78 is 28.9. The van der Waals surface area contributed by atoms with Gasteiger partial charge in [-0.3, -0.25) is 4.79 Å². The van der Waals surface area contributed by atoms with E-state index in [0.29, 0.717) is 17.1 Å². The van der Waals surface area contributed by atoms with Gasteiger partial charge < -0.3 is 14.2 Å². The minimum Gasteiger partial charge on any atom is -0.454 e. The normalized spacial score (nSPS) is 12.4. The van der Waals surface area contributed by atoms with E-state index in [4.69, 9.17) is 14.2 Å². The summed E-state index contributed by atoms with van der Waals surface area (Å²) in [5, 5.41) is 0. The Hall–Kier alpha value is -2.40. The summed E-state index contributed by atoms with van der Waals surface area (Å²) in [6.07, 6.45) is 0. The van der Waals surface area contributed by atoms with Crippen LogP contribution in [-0.2, 0) is 11.3 Å². The van der Waals surface area contributed by atoms with Gasteiger partial charge in [0, 0.05) is 5.56 Å². The van der Waals surface area contributed by atoms with E-state index in [-0.39, 0.29) is 25.8 Å². The van der Waals surface area contributed by atoms with Crippen LogP contribution in [0.15, 0.2) is 42.5 Å². The highest BCUT2D eigenvalue weighted by molar-refractivity contribution is 5.97. The molecule has 1 heterocycles. The lowest BCUT2D eigenvalue weighted by molar-refractivity contribution is 0.0726. The quantitative estimate of drug-likeness (QED) is 0.793. The molecule has 0 radical (unpaired) electrons. The molecule has 2 aromatic carbocycles. The molecule has 0 spiro atoms. The fraction of sp³-hybridized carbons (Fsp3) is 0.188. The van der Waals surface area contributed by atoms with Crippen LogP contribution < -0.4 is 9.47 Å². The molecule has 108 valence electrons. The first kappa shape index (κ1) is 13.6. The summed E-state index contributed by atoms with van der Waals surface area (Å²) in [4.78, 5) is 11.8. The van der Waals surface area contributed by atoms with Gasteiger partial charge in [-0.1, -0.05) is 18.2 Å². The Morgan fingerprint density at radius 3 is 2.86 bits per heavy atom. The summed E-state index contributed by atoms with van der Waals surface area (Å²) in [6.45, 7) is 0.396. The number of ether oxygens (including phenoxy) is 3. The molecule has 0 unspecified atom stereocenters. The number of rotatable bonds is 5. The van der Waals surface area contributed by atoms with Crippen LogP contribution in [0.3, 0.4) is 0 Å². The standard InChI is InChI=1S/C16H13FO4/c17-13-3-1-2-12(7-13)14(18)9-19-8-11-4-5-15-16(6-11)21-10-20-15/h1-7H,8-10H2. The number of hydrogen-bond acceptors (Lipinski definition) is 4. The van der Waals surface area contributed by atoms with Gasteiger partial charge in [-0.2, -0.15) is 0 Å². The van der Waals surface area contributed by atoms with Crippen LogP contribution in [0.25, 0.3) is 0 Å². The number of hydrogen-bond donors (Lipinski definition) is 0. The third-order valence-electron chi connectivity index (χ3n) is 3.09. The van der Waals surface area contributed by atoms with Gasteiger partial charge in [-0.25, -0.2) is 4.39 Å². The molecule has 0 amide bonds. The molecule has 0 aliphatic carbocycles. The third-order valence-corrected chi connectivity index (χ3v) is 3.09. The van der Waals surface area contributed by atoms with Crippen molar-refractivity contribution in [2.75, 3.05) is 13.4 Å². The van der Waals surface area contributed by atoms with Crippen LogP contribution in [0.5, 0.6) is 11.5 Å². The molecule has 1 aliphatic heterocycles. The van der Waals surface area contributed by atoms with Crippen molar-refractivity contribution in [3.63, 3.8) is 0 Å². The molecule has 0 N–H and O–H groups in total. The molecule has 0 bridgehead atoms. The SMILES string of the molecule is O=C(COCc1ccc2c(c1)OCO2)c1cccc(F)c1. The van der Waals surface area contributed by atoms with E-state index in [1.807, 2.05) is 12.1 Å². The molecule has 0 saturated heterocycles. The Morgan fingerprint density at radius 1 is 1.14 bits per heavy atom. The highest BCUT2D eigenvalue weighted by Crippen LogP contribution is 2.32. The van der Waals surface area contributed by atoms with Crippen LogP contribution in [0.4, 0.5) is 4.39 Å². The van der Waals surface area contributed by atoms with E-state index in [9.17, 15) is 9.18 Å². The molecule has 2 aromatic rings. The minimum atomic E-state index is -0.434. The zero-order valence-corrected chi connectivity index (χ0v) is 11.2. The third kappa shape index (κ3) is 3.20. The molecular weight excluding hydrogens is 275 g/mol. The van der Waals surface area contributed by atoms with Crippen molar-refractivity contribution in [3.8, 4) is 11.5 Å². The molecule has 21 heavy (non-hydrogen) atoms. The molecule has 0 saturated carbocycles. The first-order chi connectivity index (χ1) is 10.2. The molecule has 0 aromatic heterocycles. The zero-order chi connectivity index (χ0) is 14.7. The maximum atomic E-state index is 13.0. The lowest BCUT2D eigenvalue weighted by Gasteiger charge is -2.05. The minimum absolute atomic E-state index is 0.0993. The number of Topliss-reactive ketones (excluding diaryl/α,β-unsaturated/α-hetero) is 1. The van der Waals surface area contributed by atoms with E-state index < -0.39 is 5.82 Å². The second kappa shape index (κ2) is 5.93. The van der Waals surface area contributed by atoms with Crippen molar-refractivity contribution in [2.45, 2.75) is 6.61 Å². The van der Waals surface area contributed by atoms with Crippen molar-refractivity contribution in [1.82, 2.24) is 0 Å². The largest absolute Gasteiger partial charge is 0.454 e. The van der Waals surface area contributed by atoms with E-state index in [0.717, 1.165) is 5.56 Å². The molecule has 5 heteroatoms. The summed E-state index contributed by atoms with van der Waals surface area (Å²) in [6, 6.07) is 11.0. The van der Waals surface area contributed by atoms with Crippen LogP contribution in [0.2, 0.25) is 0 Å². The Kier molecular flexibility index (Phi) is 3.83. The van der Waals surface area contributed by atoms with Crippen molar-refractivity contribution in [3.05, 3.63) is 59.4 Å². The summed E-state index contributed by atoms with van der Waals surface area (Å²) >= 11 is 0. The predicted molar refractivity (Wildman–Crippen MR) is 73.0 cm³/mol. The number of carbonyl (C=O) groups excluding carboxylic acids is 1. The maximum Gasteiger partial charge on any atom is 0.231 e. The van der Waals surface area contributed by atoms with Crippen LogP contribution in [-0.4, -0.2) is 19.2 Å². The van der Waals surface area contributed by atoms with Gasteiger partial charge in [0.1, 0.15) is 12.4 Å². The Bertz CT molecular complexity index is 669. The smallest absolute Gasteiger partial charge is 0.231 e. The van der Waals surface area contributed by atoms with Crippen LogP contribution in [0.1, 0.15) is 15.9 Å². The fourth-order valence-electron chi connectivity index (χ4n) is 2.04. The lowest BCUT2D eigenvalue weighted by atomic mass is 10.1. The topological polar surface area (TPSA) is 44.8 Å². The van der Waals surface area contributed by atoms with Gasteiger partial charge in [-0.15, -0.1) is 0 Å². The Morgan fingerprint density at radius 2 is 2.00 bits per heavy atom. The van der Waals surface area contributed by atoms with Crippen molar-refractivity contribution in [2.24, 2.45) is 0 Å². The van der Waals surface area contributed by atoms with Crippen LogP contribution >= 0.6 is 0 Å². The number of ketones is 1. The van der Waals surface area contributed by atoms with Gasteiger partial charge in [0.2, 0.25) is 6.79 Å². The number of carbonyl (C=O) groups is 1. The summed E-state index contributed by atoms with van der Waals surface area (Å²) in [5.41, 5.74) is 1.19. The second-order valence-corrected chi connectivity index (χ2v) is 4.61. The highest BCUT2D eigenvalue weighted by Gasteiger charge is 2.13. The van der Waals surface area contributed by atoms with Gasteiger partial charge >= 0.3 is 0 Å².